The van der Waals surface area contributed by atoms with Gasteiger partial charge in [-0.25, -0.2) is 13.6 Å². The zero-order chi connectivity index (χ0) is 16.8. The normalized spacial score (nSPS) is 18.5. The highest BCUT2D eigenvalue weighted by molar-refractivity contribution is 5.68. The van der Waals surface area contributed by atoms with E-state index in [0.717, 1.165) is 23.3 Å². The van der Waals surface area contributed by atoms with E-state index >= 15 is 0 Å². The standard InChI is InChI=1S/C18H17F2NO2/c1-18(2)9-11-7-10(14-8-12(19)4-6-15(14)20)3-5-13(11)16(18)23-17(21)22/h3-8,16H,9H2,1-2H3,(H2,21,22). The lowest BCUT2D eigenvalue weighted by molar-refractivity contribution is 0.0392. The van der Waals surface area contributed by atoms with Gasteiger partial charge in [-0.15, -0.1) is 0 Å². The Kier molecular flexibility index (Phi) is 3.59. The van der Waals surface area contributed by atoms with Gasteiger partial charge in [-0.05, 0) is 41.3 Å². The van der Waals surface area contributed by atoms with Gasteiger partial charge < -0.3 is 10.5 Å². The molecule has 120 valence electrons. The summed E-state index contributed by atoms with van der Waals surface area (Å²) in [6.45, 7) is 3.95. The van der Waals surface area contributed by atoms with Gasteiger partial charge in [0.1, 0.15) is 17.7 Å². The highest BCUT2D eigenvalue weighted by atomic mass is 19.1. The molecule has 0 radical (unpaired) electrons. The molecular weight excluding hydrogens is 300 g/mol. The average molecular weight is 317 g/mol. The zero-order valence-corrected chi connectivity index (χ0v) is 12.9. The van der Waals surface area contributed by atoms with Gasteiger partial charge in [-0.1, -0.05) is 32.0 Å². The summed E-state index contributed by atoms with van der Waals surface area (Å²) in [5.74, 6) is -0.967. The van der Waals surface area contributed by atoms with Gasteiger partial charge in [0.2, 0.25) is 0 Å². The number of nitrogens with two attached hydrogens (primary N) is 1. The number of benzene rings is 2. The van der Waals surface area contributed by atoms with Crippen molar-refractivity contribution >= 4 is 6.09 Å². The third kappa shape index (κ3) is 2.79. The van der Waals surface area contributed by atoms with Crippen molar-refractivity contribution in [2.24, 2.45) is 11.1 Å². The Bertz CT molecular complexity index is 787. The summed E-state index contributed by atoms with van der Waals surface area (Å²) < 4.78 is 32.6. The number of fused-ring (bicyclic) bond motifs is 1. The molecule has 1 atom stereocenters. The minimum absolute atomic E-state index is 0.213. The Labute approximate surface area is 133 Å². The third-order valence-electron chi connectivity index (χ3n) is 4.25. The Morgan fingerprint density at radius 2 is 1.96 bits per heavy atom. The summed E-state index contributed by atoms with van der Waals surface area (Å²) in [6.07, 6.45) is -0.608. The molecule has 0 fully saturated rings. The second kappa shape index (κ2) is 5.33. The van der Waals surface area contributed by atoms with Crippen LogP contribution in [0.4, 0.5) is 13.6 Å². The Balaban J connectivity index is 2.05. The second-order valence-corrected chi connectivity index (χ2v) is 6.52. The Morgan fingerprint density at radius 3 is 2.65 bits per heavy atom. The van der Waals surface area contributed by atoms with Crippen LogP contribution in [0, 0.1) is 17.0 Å². The number of hydrogen-bond donors (Lipinski definition) is 1. The molecule has 23 heavy (non-hydrogen) atoms. The number of halogens is 2. The van der Waals surface area contributed by atoms with Gasteiger partial charge in [0.05, 0.1) is 0 Å². The van der Waals surface area contributed by atoms with Crippen LogP contribution in [0.3, 0.4) is 0 Å². The molecule has 5 heteroatoms. The first-order valence-corrected chi connectivity index (χ1v) is 7.32. The van der Waals surface area contributed by atoms with Crippen molar-refractivity contribution < 1.29 is 18.3 Å². The van der Waals surface area contributed by atoms with E-state index in [0.29, 0.717) is 12.0 Å². The van der Waals surface area contributed by atoms with Crippen LogP contribution >= 0.6 is 0 Å². The molecule has 1 unspecified atom stereocenters. The van der Waals surface area contributed by atoms with Crippen LogP contribution in [0.5, 0.6) is 0 Å². The minimum atomic E-state index is -0.823. The van der Waals surface area contributed by atoms with Crippen LogP contribution in [-0.2, 0) is 11.2 Å². The number of ether oxygens (including phenoxy) is 1. The van der Waals surface area contributed by atoms with Crippen molar-refractivity contribution in [3.05, 3.63) is 59.2 Å². The maximum Gasteiger partial charge on any atom is 0.405 e. The summed E-state index contributed by atoms with van der Waals surface area (Å²) in [6, 6.07) is 8.69. The molecule has 0 aromatic heterocycles. The van der Waals surface area contributed by atoms with Crippen LogP contribution in [0.25, 0.3) is 11.1 Å². The summed E-state index contributed by atoms with van der Waals surface area (Å²) in [4.78, 5) is 11.1. The predicted octanol–water partition coefficient (Wildman–Crippen LogP) is 4.35. The fourth-order valence-corrected chi connectivity index (χ4v) is 3.24. The van der Waals surface area contributed by atoms with Gasteiger partial charge in [-0.3, -0.25) is 0 Å². The van der Waals surface area contributed by atoms with E-state index in [9.17, 15) is 13.6 Å². The molecule has 3 rings (SSSR count). The van der Waals surface area contributed by atoms with Crippen molar-refractivity contribution in [1.82, 2.24) is 0 Å². The Hall–Kier alpha value is -2.43. The van der Waals surface area contributed by atoms with E-state index < -0.39 is 23.8 Å². The number of hydrogen-bond acceptors (Lipinski definition) is 2. The number of carbonyl (C=O) groups excluding carboxylic acids is 1. The van der Waals surface area contributed by atoms with E-state index in [1.165, 1.54) is 6.07 Å². The molecule has 0 saturated carbocycles. The van der Waals surface area contributed by atoms with Gasteiger partial charge in [0.15, 0.2) is 0 Å². The summed E-state index contributed by atoms with van der Waals surface area (Å²) in [7, 11) is 0. The molecule has 1 amide bonds. The predicted molar refractivity (Wildman–Crippen MR) is 82.7 cm³/mol. The first-order chi connectivity index (χ1) is 10.8. The molecule has 1 aliphatic rings. The molecular formula is C18H17F2NO2. The van der Waals surface area contributed by atoms with Crippen molar-refractivity contribution in [2.45, 2.75) is 26.4 Å². The van der Waals surface area contributed by atoms with Crippen LogP contribution in [0.15, 0.2) is 36.4 Å². The van der Waals surface area contributed by atoms with E-state index in [1.807, 2.05) is 19.9 Å². The monoisotopic (exact) mass is 317 g/mol. The highest BCUT2D eigenvalue weighted by Gasteiger charge is 2.41. The van der Waals surface area contributed by atoms with E-state index in [2.05, 4.69) is 0 Å². The molecule has 0 bridgehead atoms. The summed E-state index contributed by atoms with van der Waals surface area (Å²) in [5.41, 5.74) is 7.46. The van der Waals surface area contributed by atoms with E-state index in [4.69, 9.17) is 10.5 Å². The number of carbonyl (C=O) groups is 1. The van der Waals surface area contributed by atoms with Crippen molar-refractivity contribution in [3.8, 4) is 11.1 Å². The Morgan fingerprint density at radius 1 is 1.22 bits per heavy atom. The molecule has 0 aliphatic heterocycles. The van der Waals surface area contributed by atoms with Crippen molar-refractivity contribution in [2.75, 3.05) is 0 Å². The van der Waals surface area contributed by atoms with Crippen LogP contribution in [-0.4, -0.2) is 6.09 Å². The molecule has 2 aromatic carbocycles. The molecule has 2 aromatic rings. The van der Waals surface area contributed by atoms with Gasteiger partial charge in [-0.2, -0.15) is 0 Å². The van der Waals surface area contributed by atoms with Crippen LogP contribution < -0.4 is 5.73 Å². The van der Waals surface area contributed by atoms with Gasteiger partial charge >= 0.3 is 6.09 Å². The molecule has 3 nitrogen and oxygen atoms in total. The lowest BCUT2D eigenvalue weighted by Crippen LogP contribution is -2.25. The smallest absolute Gasteiger partial charge is 0.405 e. The minimum Gasteiger partial charge on any atom is -0.441 e. The van der Waals surface area contributed by atoms with E-state index in [-0.39, 0.29) is 11.0 Å². The first-order valence-electron chi connectivity index (χ1n) is 7.32. The summed E-state index contributed by atoms with van der Waals surface area (Å²) >= 11 is 0. The maximum absolute atomic E-state index is 14.0. The van der Waals surface area contributed by atoms with Crippen LogP contribution in [0.2, 0.25) is 0 Å². The van der Waals surface area contributed by atoms with Crippen LogP contribution in [0.1, 0.15) is 31.1 Å². The molecule has 0 saturated heterocycles. The SMILES string of the molecule is CC1(C)Cc2cc(-c3cc(F)ccc3F)ccc2C1OC(N)=O. The summed E-state index contributed by atoms with van der Waals surface area (Å²) in [5, 5.41) is 0. The third-order valence-corrected chi connectivity index (χ3v) is 4.25. The molecule has 1 aliphatic carbocycles. The quantitative estimate of drug-likeness (QED) is 0.895. The number of primary amides is 1. The average Bonchev–Trinajstić information content (AvgIpc) is 2.71. The fraction of sp³-hybridized carbons (Fsp3) is 0.278. The lowest BCUT2D eigenvalue weighted by atomic mass is 9.87. The second-order valence-electron chi connectivity index (χ2n) is 6.52. The molecule has 2 N–H and O–H groups in total. The number of amides is 1. The van der Waals surface area contributed by atoms with Gasteiger partial charge in [0, 0.05) is 11.0 Å². The number of rotatable bonds is 2. The molecule has 0 spiro atoms. The fourth-order valence-electron chi connectivity index (χ4n) is 3.24. The maximum atomic E-state index is 14.0. The lowest BCUT2D eigenvalue weighted by Gasteiger charge is -2.26. The largest absolute Gasteiger partial charge is 0.441 e. The molecule has 0 heterocycles. The highest BCUT2D eigenvalue weighted by Crippen LogP contribution is 2.48. The topological polar surface area (TPSA) is 52.3 Å². The zero-order valence-electron chi connectivity index (χ0n) is 12.9. The van der Waals surface area contributed by atoms with Crippen molar-refractivity contribution in [1.29, 1.82) is 0 Å². The van der Waals surface area contributed by atoms with Gasteiger partial charge in [0.25, 0.3) is 0 Å². The first kappa shape index (κ1) is 15.5. The van der Waals surface area contributed by atoms with E-state index in [1.54, 1.807) is 12.1 Å². The van der Waals surface area contributed by atoms with Crippen molar-refractivity contribution in [3.63, 3.8) is 0 Å².